The molecular formula is C13H18O3. The smallest absolute Gasteiger partial charge is 0.124 e. The first-order chi connectivity index (χ1) is 7.74. The van der Waals surface area contributed by atoms with Crippen LogP contribution in [0.5, 0.6) is 5.75 Å². The lowest BCUT2D eigenvalue weighted by molar-refractivity contribution is -0.108. The van der Waals surface area contributed by atoms with Crippen LogP contribution in [0.4, 0.5) is 0 Å². The fraction of sp³-hybridized carbons (Fsp3) is 0.462. The van der Waals surface area contributed by atoms with Crippen molar-refractivity contribution in [2.45, 2.75) is 25.9 Å². The van der Waals surface area contributed by atoms with E-state index >= 15 is 0 Å². The van der Waals surface area contributed by atoms with Crippen molar-refractivity contribution in [3.63, 3.8) is 0 Å². The molecule has 0 heterocycles. The van der Waals surface area contributed by atoms with Crippen molar-refractivity contribution in [1.29, 1.82) is 0 Å². The predicted molar refractivity (Wildman–Crippen MR) is 62.8 cm³/mol. The Hall–Kier alpha value is -1.35. The summed E-state index contributed by atoms with van der Waals surface area (Å²) in [6.07, 6.45) is 1.46. The molecule has 3 heteroatoms. The number of hydrogen-bond acceptors (Lipinski definition) is 3. The van der Waals surface area contributed by atoms with Gasteiger partial charge in [-0.1, -0.05) is 19.1 Å². The van der Waals surface area contributed by atoms with Crippen molar-refractivity contribution < 1.29 is 14.3 Å². The molecule has 0 amide bonds. The lowest BCUT2D eigenvalue weighted by atomic mass is 9.93. The molecule has 0 aromatic heterocycles. The molecule has 1 aromatic rings. The molecule has 3 nitrogen and oxygen atoms in total. The van der Waals surface area contributed by atoms with E-state index in [-0.39, 0.29) is 5.92 Å². The number of benzene rings is 1. The molecule has 0 radical (unpaired) electrons. The van der Waals surface area contributed by atoms with Gasteiger partial charge in [-0.15, -0.1) is 0 Å². The first-order valence-corrected chi connectivity index (χ1v) is 5.33. The Bertz CT molecular complexity index is 347. The quantitative estimate of drug-likeness (QED) is 0.694. The summed E-state index contributed by atoms with van der Waals surface area (Å²) in [7, 11) is 3.29. The summed E-state index contributed by atoms with van der Waals surface area (Å²) in [6, 6.07) is 5.87. The minimum absolute atomic E-state index is 0.192. The van der Waals surface area contributed by atoms with Crippen LogP contribution in [0.1, 0.15) is 30.4 Å². The molecule has 0 saturated heterocycles. The molecule has 0 N–H and O–H groups in total. The molecule has 0 spiro atoms. The minimum atomic E-state index is 0.192. The number of rotatable bonds is 6. The summed E-state index contributed by atoms with van der Waals surface area (Å²) in [5.41, 5.74) is 2.15. The number of aldehydes is 1. The van der Waals surface area contributed by atoms with Gasteiger partial charge in [0.25, 0.3) is 0 Å². The number of carbonyl (C=O) groups is 1. The van der Waals surface area contributed by atoms with Gasteiger partial charge in [-0.05, 0) is 17.5 Å². The summed E-state index contributed by atoms with van der Waals surface area (Å²) in [4.78, 5) is 10.5. The molecule has 1 aromatic carbocycles. The van der Waals surface area contributed by atoms with E-state index in [1.54, 1.807) is 14.2 Å². The van der Waals surface area contributed by atoms with Gasteiger partial charge in [-0.25, -0.2) is 0 Å². The molecular weight excluding hydrogens is 204 g/mol. The SMILES string of the molecule is COCc1c(OC)cccc1C(C)CC=O. The van der Waals surface area contributed by atoms with E-state index in [2.05, 4.69) is 0 Å². The molecule has 1 unspecified atom stereocenters. The standard InChI is InChI=1S/C13H18O3/c1-10(7-8-14)11-5-4-6-13(16-3)12(11)9-15-2/h4-6,8,10H,7,9H2,1-3H3. The van der Waals surface area contributed by atoms with Crippen LogP contribution in [-0.4, -0.2) is 20.5 Å². The van der Waals surface area contributed by atoms with Crippen LogP contribution in [-0.2, 0) is 16.1 Å². The largest absolute Gasteiger partial charge is 0.496 e. The molecule has 0 aliphatic rings. The normalized spacial score (nSPS) is 12.2. The van der Waals surface area contributed by atoms with E-state index in [0.717, 1.165) is 23.2 Å². The van der Waals surface area contributed by atoms with Crippen LogP contribution in [0, 0.1) is 0 Å². The lowest BCUT2D eigenvalue weighted by Gasteiger charge is -2.17. The van der Waals surface area contributed by atoms with Gasteiger partial charge >= 0.3 is 0 Å². The van der Waals surface area contributed by atoms with E-state index in [1.807, 2.05) is 25.1 Å². The monoisotopic (exact) mass is 222 g/mol. The number of carbonyl (C=O) groups excluding carboxylic acids is 1. The lowest BCUT2D eigenvalue weighted by Crippen LogP contribution is -2.03. The Morgan fingerprint density at radius 1 is 1.38 bits per heavy atom. The molecule has 1 atom stereocenters. The zero-order valence-electron chi connectivity index (χ0n) is 10.0. The van der Waals surface area contributed by atoms with Crippen LogP contribution in [0.3, 0.4) is 0 Å². The van der Waals surface area contributed by atoms with Gasteiger partial charge in [-0.3, -0.25) is 0 Å². The van der Waals surface area contributed by atoms with Gasteiger partial charge in [0, 0.05) is 19.1 Å². The molecule has 0 aliphatic carbocycles. The first kappa shape index (κ1) is 12.7. The third-order valence-electron chi connectivity index (χ3n) is 2.66. The third kappa shape index (κ3) is 2.83. The summed E-state index contributed by atoms with van der Waals surface area (Å²) >= 11 is 0. The fourth-order valence-electron chi connectivity index (χ4n) is 1.81. The average molecular weight is 222 g/mol. The highest BCUT2D eigenvalue weighted by molar-refractivity contribution is 5.53. The van der Waals surface area contributed by atoms with Gasteiger partial charge in [0.2, 0.25) is 0 Å². The summed E-state index contributed by atoms with van der Waals surface area (Å²) in [6.45, 7) is 2.53. The van der Waals surface area contributed by atoms with E-state index in [9.17, 15) is 4.79 Å². The summed E-state index contributed by atoms with van der Waals surface area (Å²) in [5, 5.41) is 0. The third-order valence-corrected chi connectivity index (χ3v) is 2.66. The van der Waals surface area contributed by atoms with Gasteiger partial charge in [-0.2, -0.15) is 0 Å². The van der Waals surface area contributed by atoms with Crippen LogP contribution in [0.25, 0.3) is 0 Å². The molecule has 16 heavy (non-hydrogen) atoms. The van der Waals surface area contributed by atoms with Gasteiger partial charge < -0.3 is 14.3 Å². The Morgan fingerprint density at radius 2 is 2.12 bits per heavy atom. The number of methoxy groups -OCH3 is 2. The molecule has 0 saturated carbocycles. The highest BCUT2D eigenvalue weighted by Crippen LogP contribution is 2.29. The Balaban J connectivity index is 3.09. The Kier molecular flexibility index (Phi) is 4.99. The van der Waals surface area contributed by atoms with Crippen molar-refractivity contribution in [3.8, 4) is 5.75 Å². The van der Waals surface area contributed by atoms with Gasteiger partial charge in [0.05, 0.1) is 13.7 Å². The van der Waals surface area contributed by atoms with Gasteiger partial charge in [0.1, 0.15) is 12.0 Å². The molecule has 88 valence electrons. The van der Waals surface area contributed by atoms with Crippen molar-refractivity contribution in [2.24, 2.45) is 0 Å². The topological polar surface area (TPSA) is 35.5 Å². The zero-order chi connectivity index (χ0) is 12.0. The zero-order valence-corrected chi connectivity index (χ0v) is 10.0. The minimum Gasteiger partial charge on any atom is -0.496 e. The first-order valence-electron chi connectivity index (χ1n) is 5.33. The van der Waals surface area contributed by atoms with Crippen molar-refractivity contribution in [1.82, 2.24) is 0 Å². The van der Waals surface area contributed by atoms with Crippen molar-refractivity contribution in [3.05, 3.63) is 29.3 Å². The predicted octanol–water partition coefficient (Wildman–Crippen LogP) is 2.53. The highest BCUT2D eigenvalue weighted by atomic mass is 16.5. The van der Waals surface area contributed by atoms with Crippen LogP contribution in [0.15, 0.2) is 18.2 Å². The second kappa shape index (κ2) is 6.28. The average Bonchev–Trinajstić information content (AvgIpc) is 2.30. The van der Waals surface area contributed by atoms with Crippen LogP contribution >= 0.6 is 0 Å². The van der Waals surface area contributed by atoms with E-state index in [1.165, 1.54) is 0 Å². The molecule has 0 aliphatic heterocycles. The Morgan fingerprint density at radius 3 is 2.69 bits per heavy atom. The van der Waals surface area contributed by atoms with Crippen LogP contribution in [0.2, 0.25) is 0 Å². The maximum absolute atomic E-state index is 10.5. The van der Waals surface area contributed by atoms with E-state index in [0.29, 0.717) is 13.0 Å². The molecule has 1 rings (SSSR count). The maximum atomic E-state index is 10.5. The Labute approximate surface area is 96.4 Å². The number of hydrogen-bond donors (Lipinski definition) is 0. The summed E-state index contributed by atoms with van der Waals surface area (Å²) < 4.78 is 10.5. The van der Waals surface area contributed by atoms with Crippen LogP contribution < -0.4 is 4.74 Å². The fourth-order valence-corrected chi connectivity index (χ4v) is 1.81. The second-order valence-electron chi connectivity index (χ2n) is 3.76. The van der Waals surface area contributed by atoms with E-state index < -0.39 is 0 Å². The highest BCUT2D eigenvalue weighted by Gasteiger charge is 2.13. The van der Waals surface area contributed by atoms with Crippen molar-refractivity contribution >= 4 is 6.29 Å². The molecule has 0 fully saturated rings. The number of ether oxygens (including phenoxy) is 2. The summed E-state index contributed by atoms with van der Waals surface area (Å²) in [5.74, 6) is 1.01. The second-order valence-corrected chi connectivity index (χ2v) is 3.76. The van der Waals surface area contributed by atoms with E-state index in [4.69, 9.17) is 9.47 Å². The molecule has 0 bridgehead atoms. The van der Waals surface area contributed by atoms with Crippen molar-refractivity contribution in [2.75, 3.05) is 14.2 Å². The maximum Gasteiger partial charge on any atom is 0.124 e. The van der Waals surface area contributed by atoms with Gasteiger partial charge in [0.15, 0.2) is 0 Å².